The van der Waals surface area contributed by atoms with Crippen molar-refractivity contribution in [3.05, 3.63) is 0 Å². The van der Waals surface area contributed by atoms with Gasteiger partial charge in [0, 0.05) is 6.92 Å². The van der Waals surface area contributed by atoms with Gasteiger partial charge in [-0.05, 0) is 12.8 Å². The van der Waals surface area contributed by atoms with Gasteiger partial charge in [0.25, 0.3) is 0 Å². The molecular formula is C12H21NO2. The number of esters is 1. The molecule has 0 heterocycles. The Hall–Kier alpha value is -1.04. The molecule has 0 aliphatic carbocycles. The van der Waals surface area contributed by atoms with Gasteiger partial charge in [-0.2, -0.15) is 5.26 Å². The number of nitrogens with zero attached hydrogens (tertiary/aromatic N) is 1. The first kappa shape index (κ1) is 14.0. The molecule has 0 saturated carbocycles. The summed E-state index contributed by atoms with van der Waals surface area (Å²) in [5, 5.41) is 8.69. The molecule has 0 aromatic heterocycles. The number of hydrogen-bond donors (Lipinski definition) is 0. The van der Waals surface area contributed by atoms with E-state index in [0.717, 1.165) is 12.8 Å². The lowest BCUT2D eigenvalue weighted by Crippen LogP contribution is -2.13. The molecule has 0 spiro atoms. The maximum atomic E-state index is 10.6. The molecule has 3 nitrogen and oxygen atoms in total. The van der Waals surface area contributed by atoms with E-state index in [0.29, 0.717) is 6.42 Å². The van der Waals surface area contributed by atoms with Crippen LogP contribution in [-0.2, 0) is 9.53 Å². The monoisotopic (exact) mass is 211 g/mol. The summed E-state index contributed by atoms with van der Waals surface area (Å²) < 4.78 is 4.83. The summed E-state index contributed by atoms with van der Waals surface area (Å²) in [5.41, 5.74) is 0. The Bertz CT molecular complexity index is 208. The summed E-state index contributed by atoms with van der Waals surface area (Å²) in [6.45, 7) is 3.53. The molecule has 1 atom stereocenters. The lowest BCUT2D eigenvalue weighted by atomic mass is 10.1. The predicted molar refractivity (Wildman–Crippen MR) is 59.2 cm³/mol. The van der Waals surface area contributed by atoms with Gasteiger partial charge in [0.05, 0.1) is 0 Å². The normalized spacial score (nSPS) is 11.8. The van der Waals surface area contributed by atoms with E-state index < -0.39 is 6.10 Å². The van der Waals surface area contributed by atoms with Crippen molar-refractivity contribution in [3.8, 4) is 6.07 Å². The van der Waals surface area contributed by atoms with E-state index in [1.807, 2.05) is 6.07 Å². The molecule has 0 radical (unpaired) electrons. The van der Waals surface area contributed by atoms with Gasteiger partial charge >= 0.3 is 5.97 Å². The molecule has 0 amide bonds. The minimum atomic E-state index is -0.548. The summed E-state index contributed by atoms with van der Waals surface area (Å²) >= 11 is 0. The van der Waals surface area contributed by atoms with Gasteiger partial charge in [0.15, 0.2) is 6.10 Å². The molecule has 0 N–H and O–H groups in total. The van der Waals surface area contributed by atoms with Crippen LogP contribution in [0.4, 0.5) is 0 Å². The predicted octanol–water partition coefficient (Wildman–Crippen LogP) is 3.19. The van der Waals surface area contributed by atoms with Gasteiger partial charge in [-0.1, -0.05) is 39.0 Å². The number of ether oxygens (including phenoxy) is 1. The minimum absolute atomic E-state index is 0.368. The highest BCUT2D eigenvalue weighted by molar-refractivity contribution is 5.66. The number of carbonyl (C=O) groups excluding carboxylic acids is 1. The molecule has 0 fully saturated rings. The first-order valence-electron chi connectivity index (χ1n) is 5.77. The second kappa shape index (κ2) is 9.51. The molecule has 0 aliphatic heterocycles. The average molecular weight is 211 g/mol. The number of hydrogen-bond acceptors (Lipinski definition) is 3. The molecule has 0 unspecified atom stereocenters. The fourth-order valence-electron chi connectivity index (χ4n) is 1.46. The maximum absolute atomic E-state index is 10.6. The first-order valence-corrected chi connectivity index (χ1v) is 5.77. The van der Waals surface area contributed by atoms with E-state index in [-0.39, 0.29) is 5.97 Å². The zero-order valence-corrected chi connectivity index (χ0v) is 9.79. The second-order valence-corrected chi connectivity index (χ2v) is 3.78. The van der Waals surface area contributed by atoms with Crippen molar-refractivity contribution in [1.29, 1.82) is 5.26 Å². The zero-order chi connectivity index (χ0) is 11.5. The molecular weight excluding hydrogens is 190 g/mol. The van der Waals surface area contributed by atoms with Crippen molar-refractivity contribution < 1.29 is 9.53 Å². The van der Waals surface area contributed by atoms with Crippen LogP contribution in [-0.4, -0.2) is 12.1 Å². The summed E-state index contributed by atoms with van der Waals surface area (Å²) in [5.74, 6) is -0.368. The quantitative estimate of drug-likeness (QED) is 0.457. The van der Waals surface area contributed by atoms with Gasteiger partial charge < -0.3 is 4.74 Å². The highest BCUT2D eigenvalue weighted by Crippen LogP contribution is 2.10. The fraction of sp³-hybridized carbons (Fsp3) is 0.833. The molecule has 15 heavy (non-hydrogen) atoms. The summed E-state index contributed by atoms with van der Waals surface area (Å²) in [6, 6.07) is 1.99. The lowest BCUT2D eigenvalue weighted by Gasteiger charge is -2.08. The molecule has 0 saturated heterocycles. The van der Waals surface area contributed by atoms with Crippen molar-refractivity contribution in [2.24, 2.45) is 0 Å². The Labute approximate surface area is 92.4 Å². The molecule has 0 bridgehead atoms. The molecule has 0 rings (SSSR count). The Morgan fingerprint density at radius 3 is 2.40 bits per heavy atom. The second-order valence-electron chi connectivity index (χ2n) is 3.78. The van der Waals surface area contributed by atoms with Gasteiger partial charge in [-0.3, -0.25) is 4.79 Å². The third-order valence-corrected chi connectivity index (χ3v) is 2.27. The SMILES string of the molecule is CCCCCCCC[C@@H](C#N)OC(C)=O. The van der Waals surface area contributed by atoms with E-state index in [1.165, 1.54) is 32.6 Å². The van der Waals surface area contributed by atoms with Crippen molar-refractivity contribution in [1.82, 2.24) is 0 Å². The smallest absolute Gasteiger partial charge is 0.303 e. The standard InChI is InChI=1S/C12H21NO2/c1-3-4-5-6-7-8-9-12(10-13)15-11(2)14/h12H,3-9H2,1-2H3/t12-/m0/s1. The van der Waals surface area contributed by atoms with Crippen molar-refractivity contribution >= 4 is 5.97 Å². The van der Waals surface area contributed by atoms with Crippen molar-refractivity contribution in [2.45, 2.75) is 64.9 Å². The first-order chi connectivity index (χ1) is 7.20. The molecule has 0 aromatic carbocycles. The van der Waals surface area contributed by atoms with Crippen molar-refractivity contribution in [2.75, 3.05) is 0 Å². The highest BCUT2D eigenvalue weighted by Gasteiger charge is 2.09. The van der Waals surface area contributed by atoms with Crippen LogP contribution in [0.5, 0.6) is 0 Å². The molecule has 86 valence electrons. The summed E-state index contributed by atoms with van der Waals surface area (Å²) in [6.07, 6.45) is 7.22. The lowest BCUT2D eigenvalue weighted by molar-refractivity contribution is -0.144. The van der Waals surface area contributed by atoms with E-state index in [9.17, 15) is 4.79 Å². The number of rotatable bonds is 8. The van der Waals surface area contributed by atoms with E-state index in [2.05, 4.69) is 6.92 Å². The Morgan fingerprint density at radius 1 is 1.27 bits per heavy atom. The van der Waals surface area contributed by atoms with Crippen LogP contribution >= 0.6 is 0 Å². The van der Waals surface area contributed by atoms with Gasteiger partial charge in [0.1, 0.15) is 6.07 Å². The third-order valence-electron chi connectivity index (χ3n) is 2.27. The minimum Gasteiger partial charge on any atom is -0.447 e. The topological polar surface area (TPSA) is 50.1 Å². The number of carbonyl (C=O) groups is 1. The van der Waals surface area contributed by atoms with Crippen LogP contribution < -0.4 is 0 Å². The fourth-order valence-corrected chi connectivity index (χ4v) is 1.46. The van der Waals surface area contributed by atoms with Crippen LogP contribution in [0.1, 0.15) is 58.8 Å². The van der Waals surface area contributed by atoms with Crippen LogP contribution in [0.2, 0.25) is 0 Å². The Balaban J connectivity index is 3.39. The average Bonchev–Trinajstić information content (AvgIpc) is 2.20. The highest BCUT2D eigenvalue weighted by atomic mass is 16.5. The third kappa shape index (κ3) is 9.27. The van der Waals surface area contributed by atoms with E-state index >= 15 is 0 Å². The largest absolute Gasteiger partial charge is 0.447 e. The maximum Gasteiger partial charge on any atom is 0.303 e. The van der Waals surface area contributed by atoms with Gasteiger partial charge in [-0.15, -0.1) is 0 Å². The van der Waals surface area contributed by atoms with Crippen LogP contribution in [0, 0.1) is 11.3 Å². The summed E-state index contributed by atoms with van der Waals surface area (Å²) in [7, 11) is 0. The number of nitriles is 1. The zero-order valence-electron chi connectivity index (χ0n) is 9.79. The van der Waals surface area contributed by atoms with Crippen molar-refractivity contribution in [3.63, 3.8) is 0 Å². The Morgan fingerprint density at radius 2 is 1.87 bits per heavy atom. The van der Waals surface area contributed by atoms with Crippen LogP contribution in [0.3, 0.4) is 0 Å². The molecule has 3 heteroatoms. The van der Waals surface area contributed by atoms with E-state index in [1.54, 1.807) is 0 Å². The summed E-state index contributed by atoms with van der Waals surface area (Å²) in [4.78, 5) is 10.6. The van der Waals surface area contributed by atoms with E-state index in [4.69, 9.17) is 10.00 Å². The van der Waals surface area contributed by atoms with Gasteiger partial charge in [0.2, 0.25) is 0 Å². The number of unbranched alkanes of at least 4 members (excludes halogenated alkanes) is 5. The van der Waals surface area contributed by atoms with Gasteiger partial charge in [-0.25, -0.2) is 0 Å². The molecule has 0 aromatic rings. The van der Waals surface area contributed by atoms with Crippen LogP contribution in [0.15, 0.2) is 0 Å². The molecule has 0 aliphatic rings. The Kier molecular flexibility index (Phi) is 8.85. The van der Waals surface area contributed by atoms with Crippen LogP contribution in [0.25, 0.3) is 0 Å².